The number of rotatable bonds is 5. The SMILES string of the molecule is COC(=O)c1cnc(C=Cc2ccc(OC)c(OC)c2)s1. The van der Waals surface area contributed by atoms with Crippen molar-refractivity contribution in [1.29, 1.82) is 0 Å². The van der Waals surface area contributed by atoms with Crippen LogP contribution in [0.4, 0.5) is 0 Å². The minimum absolute atomic E-state index is 0.377. The number of thiazole rings is 1. The topological polar surface area (TPSA) is 57.7 Å². The number of hydrogen-bond donors (Lipinski definition) is 0. The Kier molecular flexibility index (Phi) is 4.94. The minimum atomic E-state index is -0.377. The third-order valence-electron chi connectivity index (χ3n) is 2.74. The summed E-state index contributed by atoms with van der Waals surface area (Å²) in [6.45, 7) is 0. The Balaban J connectivity index is 2.17. The van der Waals surface area contributed by atoms with Gasteiger partial charge in [-0.25, -0.2) is 9.78 Å². The summed E-state index contributed by atoms with van der Waals surface area (Å²) in [4.78, 5) is 16.0. The van der Waals surface area contributed by atoms with Crippen LogP contribution in [0.1, 0.15) is 20.2 Å². The Morgan fingerprint density at radius 3 is 2.57 bits per heavy atom. The summed E-state index contributed by atoms with van der Waals surface area (Å²) >= 11 is 1.27. The normalized spacial score (nSPS) is 10.6. The van der Waals surface area contributed by atoms with Crippen LogP contribution in [0.15, 0.2) is 24.4 Å². The smallest absolute Gasteiger partial charge is 0.349 e. The van der Waals surface area contributed by atoms with Crippen LogP contribution in [-0.4, -0.2) is 32.3 Å². The Morgan fingerprint density at radius 1 is 1.14 bits per heavy atom. The van der Waals surface area contributed by atoms with Gasteiger partial charge in [0.1, 0.15) is 9.88 Å². The van der Waals surface area contributed by atoms with Gasteiger partial charge in [0.05, 0.1) is 27.5 Å². The molecule has 0 saturated heterocycles. The highest BCUT2D eigenvalue weighted by Crippen LogP contribution is 2.28. The lowest BCUT2D eigenvalue weighted by atomic mass is 10.2. The zero-order valence-electron chi connectivity index (χ0n) is 12.0. The number of carbonyl (C=O) groups excluding carboxylic acids is 1. The first-order valence-corrected chi connectivity index (χ1v) is 6.94. The summed E-state index contributed by atoms with van der Waals surface area (Å²) in [6, 6.07) is 5.61. The van der Waals surface area contributed by atoms with Gasteiger partial charge in [0.15, 0.2) is 11.5 Å². The van der Waals surface area contributed by atoms with Gasteiger partial charge in [0.2, 0.25) is 0 Å². The second kappa shape index (κ2) is 6.90. The lowest BCUT2D eigenvalue weighted by molar-refractivity contribution is 0.0606. The van der Waals surface area contributed by atoms with Gasteiger partial charge in [0.25, 0.3) is 0 Å². The molecule has 2 rings (SSSR count). The van der Waals surface area contributed by atoms with Crippen LogP contribution in [0.5, 0.6) is 11.5 Å². The van der Waals surface area contributed by atoms with E-state index in [0.717, 1.165) is 10.6 Å². The van der Waals surface area contributed by atoms with E-state index in [2.05, 4.69) is 9.72 Å². The van der Waals surface area contributed by atoms with Crippen LogP contribution in [0.3, 0.4) is 0 Å². The summed E-state index contributed by atoms with van der Waals surface area (Å²) in [5, 5.41) is 0.727. The molecule has 6 heteroatoms. The number of methoxy groups -OCH3 is 3. The van der Waals surface area contributed by atoms with Gasteiger partial charge in [-0.2, -0.15) is 0 Å². The van der Waals surface area contributed by atoms with Gasteiger partial charge in [-0.3, -0.25) is 0 Å². The van der Waals surface area contributed by atoms with Gasteiger partial charge in [-0.05, 0) is 23.8 Å². The fourth-order valence-electron chi connectivity index (χ4n) is 1.68. The van der Waals surface area contributed by atoms with E-state index in [0.29, 0.717) is 16.4 Å². The van der Waals surface area contributed by atoms with E-state index in [1.165, 1.54) is 24.6 Å². The maximum absolute atomic E-state index is 11.3. The van der Waals surface area contributed by atoms with E-state index in [1.807, 2.05) is 30.4 Å². The Labute approximate surface area is 126 Å². The van der Waals surface area contributed by atoms with Crippen LogP contribution >= 0.6 is 11.3 Å². The van der Waals surface area contributed by atoms with E-state index in [4.69, 9.17) is 9.47 Å². The van der Waals surface area contributed by atoms with Crippen LogP contribution in [0, 0.1) is 0 Å². The third-order valence-corrected chi connectivity index (χ3v) is 3.68. The molecule has 0 unspecified atom stereocenters. The Hall–Kier alpha value is -2.34. The van der Waals surface area contributed by atoms with E-state index in [9.17, 15) is 4.79 Å². The van der Waals surface area contributed by atoms with Crippen LogP contribution in [0.2, 0.25) is 0 Å². The fourth-order valence-corrected chi connectivity index (χ4v) is 2.42. The van der Waals surface area contributed by atoms with Crippen molar-refractivity contribution in [2.45, 2.75) is 0 Å². The zero-order valence-corrected chi connectivity index (χ0v) is 12.8. The van der Waals surface area contributed by atoms with Crippen LogP contribution < -0.4 is 9.47 Å². The maximum Gasteiger partial charge on any atom is 0.349 e. The first kappa shape index (κ1) is 15.1. The lowest BCUT2D eigenvalue weighted by Crippen LogP contribution is -1.96. The predicted octanol–water partition coefficient (Wildman–Crippen LogP) is 3.12. The van der Waals surface area contributed by atoms with E-state index in [-0.39, 0.29) is 5.97 Å². The molecule has 0 bridgehead atoms. The molecule has 2 aromatic rings. The molecule has 0 aliphatic carbocycles. The van der Waals surface area contributed by atoms with Crippen molar-refractivity contribution in [2.24, 2.45) is 0 Å². The van der Waals surface area contributed by atoms with E-state index < -0.39 is 0 Å². The molecule has 0 saturated carbocycles. The lowest BCUT2D eigenvalue weighted by Gasteiger charge is -2.07. The predicted molar refractivity (Wildman–Crippen MR) is 81.9 cm³/mol. The number of carbonyl (C=O) groups is 1. The molecule has 0 spiro atoms. The fraction of sp³-hybridized carbons (Fsp3) is 0.200. The number of hydrogen-bond acceptors (Lipinski definition) is 6. The summed E-state index contributed by atoms with van der Waals surface area (Å²) in [7, 11) is 4.54. The number of nitrogens with zero attached hydrogens (tertiary/aromatic N) is 1. The van der Waals surface area contributed by atoms with Crippen LogP contribution in [0.25, 0.3) is 12.2 Å². The number of benzene rings is 1. The molecule has 1 heterocycles. The van der Waals surface area contributed by atoms with Crippen molar-refractivity contribution in [2.75, 3.05) is 21.3 Å². The summed E-state index contributed by atoms with van der Waals surface area (Å²) in [6.07, 6.45) is 5.23. The minimum Gasteiger partial charge on any atom is -0.493 e. The van der Waals surface area contributed by atoms with E-state index in [1.54, 1.807) is 14.2 Å². The average molecular weight is 305 g/mol. The molecular formula is C15H15NO4S. The van der Waals surface area contributed by atoms with Crippen molar-refractivity contribution >= 4 is 29.5 Å². The van der Waals surface area contributed by atoms with Gasteiger partial charge in [0, 0.05) is 0 Å². The monoisotopic (exact) mass is 305 g/mol. The summed E-state index contributed by atoms with van der Waals surface area (Å²) < 4.78 is 15.1. The highest BCUT2D eigenvalue weighted by Gasteiger charge is 2.09. The molecule has 0 N–H and O–H groups in total. The van der Waals surface area contributed by atoms with Gasteiger partial charge in [-0.1, -0.05) is 12.1 Å². The average Bonchev–Trinajstić information content (AvgIpc) is 3.00. The second-order valence-electron chi connectivity index (χ2n) is 4.00. The van der Waals surface area contributed by atoms with Gasteiger partial charge >= 0.3 is 5.97 Å². The first-order chi connectivity index (χ1) is 10.2. The number of aromatic nitrogens is 1. The molecule has 1 aromatic carbocycles. The molecular weight excluding hydrogens is 290 g/mol. The first-order valence-electron chi connectivity index (χ1n) is 6.12. The second-order valence-corrected chi connectivity index (χ2v) is 5.06. The summed E-state index contributed by atoms with van der Waals surface area (Å²) in [5.74, 6) is 0.962. The molecule has 0 aliphatic rings. The van der Waals surface area contributed by atoms with Crippen molar-refractivity contribution in [3.63, 3.8) is 0 Å². The van der Waals surface area contributed by atoms with E-state index >= 15 is 0 Å². The Morgan fingerprint density at radius 2 is 1.90 bits per heavy atom. The largest absolute Gasteiger partial charge is 0.493 e. The molecule has 1 aromatic heterocycles. The third kappa shape index (κ3) is 3.61. The number of esters is 1. The molecule has 0 fully saturated rings. The molecule has 21 heavy (non-hydrogen) atoms. The quantitative estimate of drug-likeness (QED) is 0.794. The highest BCUT2D eigenvalue weighted by atomic mass is 32.1. The van der Waals surface area contributed by atoms with Crippen molar-refractivity contribution < 1.29 is 19.0 Å². The molecule has 0 amide bonds. The molecule has 0 radical (unpaired) electrons. The molecule has 0 aliphatic heterocycles. The zero-order chi connectivity index (χ0) is 15.2. The van der Waals surface area contributed by atoms with Gasteiger partial charge in [-0.15, -0.1) is 11.3 Å². The molecule has 5 nitrogen and oxygen atoms in total. The number of ether oxygens (including phenoxy) is 3. The van der Waals surface area contributed by atoms with Crippen molar-refractivity contribution in [3.05, 3.63) is 39.8 Å². The summed E-state index contributed by atoms with van der Waals surface area (Å²) in [5.41, 5.74) is 0.947. The van der Waals surface area contributed by atoms with Crippen molar-refractivity contribution in [3.8, 4) is 11.5 Å². The molecule has 0 atom stereocenters. The van der Waals surface area contributed by atoms with Crippen LogP contribution in [-0.2, 0) is 4.74 Å². The van der Waals surface area contributed by atoms with Crippen molar-refractivity contribution in [1.82, 2.24) is 4.98 Å². The standard InChI is InChI=1S/C15H15NO4S/c1-18-11-6-4-10(8-12(11)19-2)5-7-14-16-9-13(21-14)15(17)20-3/h4-9H,1-3H3. The maximum atomic E-state index is 11.3. The highest BCUT2D eigenvalue weighted by molar-refractivity contribution is 7.14. The Bertz CT molecular complexity index is 663. The van der Waals surface area contributed by atoms with Gasteiger partial charge < -0.3 is 14.2 Å². The molecule has 110 valence electrons.